The first-order valence-electron chi connectivity index (χ1n) is 7.46. The molecule has 0 radical (unpaired) electrons. The van der Waals surface area contributed by atoms with Crippen molar-refractivity contribution in [2.24, 2.45) is 0 Å². The quantitative estimate of drug-likeness (QED) is 0.772. The number of halogens is 1. The normalized spacial score (nSPS) is 18.3. The zero-order valence-electron chi connectivity index (χ0n) is 12.8. The van der Waals surface area contributed by atoms with Crippen molar-refractivity contribution in [1.29, 1.82) is 0 Å². The summed E-state index contributed by atoms with van der Waals surface area (Å²) in [6.07, 6.45) is 3.22. The molecule has 0 bridgehead atoms. The Balaban J connectivity index is 1.67. The Morgan fingerprint density at radius 3 is 2.76 bits per heavy atom. The molecule has 4 nitrogen and oxygen atoms in total. The van der Waals surface area contributed by atoms with E-state index in [1.807, 2.05) is 12.1 Å². The number of rotatable bonds is 8. The van der Waals surface area contributed by atoms with Gasteiger partial charge in [0.2, 0.25) is 0 Å². The van der Waals surface area contributed by atoms with Gasteiger partial charge in [-0.15, -0.1) is 0 Å². The van der Waals surface area contributed by atoms with Gasteiger partial charge in [-0.05, 0) is 51.6 Å². The molecule has 118 valence electrons. The molecule has 1 aliphatic rings. The van der Waals surface area contributed by atoms with Crippen molar-refractivity contribution in [2.45, 2.75) is 30.9 Å². The Hall–Kier alpha value is -0.810. The van der Waals surface area contributed by atoms with E-state index in [-0.39, 0.29) is 12.1 Å². The van der Waals surface area contributed by atoms with Crippen molar-refractivity contribution >= 4 is 11.6 Å². The number of aliphatic hydroxyl groups excluding tert-OH is 1. The Morgan fingerprint density at radius 1 is 1.43 bits per heavy atom. The summed E-state index contributed by atoms with van der Waals surface area (Å²) in [6.45, 7) is 1.71. The van der Waals surface area contributed by atoms with Gasteiger partial charge in [0.05, 0.1) is 0 Å². The average molecular weight is 313 g/mol. The van der Waals surface area contributed by atoms with Crippen LogP contribution in [-0.4, -0.2) is 55.4 Å². The van der Waals surface area contributed by atoms with Crippen LogP contribution < -0.4 is 10.1 Å². The van der Waals surface area contributed by atoms with Crippen LogP contribution in [0.4, 0.5) is 0 Å². The second-order valence-electron chi connectivity index (χ2n) is 6.03. The third-order valence-electron chi connectivity index (χ3n) is 4.31. The molecule has 0 saturated heterocycles. The van der Waals surface area contributed by atoms with Gasteiger partial charge in [-0.2, -0.15) is 0 Å². The van der Waals surface area contributed by atoms with Crippen LogP contribution in [0.2, 0.25) is 5.02 Å². The van der Waals surface area contributed by atoms with Crippen LogP contribution in [0.1, 0.15) is 19.3 Å². The number of benzene rings is 1. The molecule has 0 aliphatic heterocycles. The van der Waals surface area contributed by atoms with Gasteiger partial charge in [-0.1, -0.05) is 17.7 Å². The standard InChI is InChI=1S/C16H25ClN2O2/c1-19(2)16(7-4-8-16)12-18-10-14(20)11-21-15-6-3-5-13(17)9-15/h3,5-6,9,14,18,20H,4,7-8,10-12H2,1-2H3. The fourth-order valence-electron chi connectivity index (χ4n) is 2.65. The molecule has 1 atom stereocenters. The number of hydrogen-bond acceptors (Lipinski definition) is 4. The maximum Gasteiger partial charge on any atom is 0.120 e. The van der Waals surface area contributed by atoms with Crippen LogP contribution in [0.3, 0.4) is 0 Å². The van der Waals surface area contributed by atoms with E-state index in [9.17, 15) is 5.11 Å². The SMILES string of the molecule is CN(C)C1(CNCC(O)COc2cccc(Cl)c2)CCC1. The number of aliphatic hydroxyl groups is 1. The van der Waals surface area contributed by atoms with Crippen LogP contribution in [0.5, 0.6) is 5.75 Å². The highest BCUT2D eigenvalue weighted by Gasteiger charge is 2.38. The van der Waals surface area contributed by atoms with E-state index in [4.69, 9.17) is 16.3 Å². The van der Waals surface area contributed by atoms with Crippen LogP contribution in [0.25, 0.3) is 0 Å². The number of nitrogens with zero attached hydrogens (tertiary/aromatic N) is 1. The number of nitrogens with one attached hydrogen (secondary N) is 1. The minimum Gasteiger partial charge on any atom is -0.491 e. The zero-order valence-corrected chi connectivity index (χ0v) is 13.6. The summed E-state index contributed by atoms with van der Waals surface area (Å²) in [5, 5.41) is 14.0. The summed E-state index contributed by atoms with van der Waals surface area (Å²) < 4.78 is 5.53. The highest BCUT2D eigenvalue weighted by Crippen LogP contribution is 2.35. The number of ether oxygens (including phenoxy) is 1. The summed E-state index contributed by atoms with van der Waals surface area (Å²) in [5.41, 5.74) is 0.271. The van der Waals surface area contributed by atoms with E-state index in [0.717, 1.165) is 6.54 Å². The molecule has 2 N–H and O–H groups in total. The molecule has 0 amide bonds. The van der Waals surface area contributed by atoms with Crippen molar-refractivity contribution in [3.05, 3.63) is 29.3 Å². The van der Waals surface area contributed by atoms with Crippen molar-refractivity contribution in [2.75, 3.05) is 33.8 Å². The fourth-order valence-corrected chi connectivity index (χ4v) is 2.83. The monoisotopic (exact) mass is 312 g/mol. The van der Waals surface area contributed by atoms with Gasteiger partial charge in [-0.25, -0.2) is 0 Å². The molecule has 1 aromatic rings. The number of likely N-dealkylation sites (N-methyl/N-ethyl adjacent to an activating group) is 1. The Morgan fingerprint density at radius 2 is 2.19 bits per heavy atom. The average Bonchev–Trinajstić information content (AvgIpc) is 2.39. The molecule has 21 heavy (non-hydrogen) atoms. The summed E-state index contributed by atoms with van der Waals surface area (Å²) in [4.78, 5) is 2.29. The highest BCUT2D eigenvalue weighted by molar-refractivity contribution is 6.30. The van der Waals surface area contributed by atoms with E-state index in [0.29, 0.717) is 17.3 Å². The molecule has 1 fully saturated rings. The zero-order chi connectivity index (χ0) is 15.3. The lowest BCUT2D eigenvalue weighted by molar-refractivity contribution is 0.0512. The Bertz CT molecular complexity index is 450. The maximum atomic E-state index is 9.97. The lowest BCUT2D eigenvalue weighted by atomic mass is 9.75. The lowest BCUT2D eigenvalue weighted by Gasteiger charge is -2.47. The van der Waals surface area contributed by atoms with Crippen LogP contribution >= 0.6 is 11.6 Å². The fraction of sp³-hybridized carbons (Fsp3) is 0.625. The smallest absolute Gasteiger partial charge is 0.120 e. The van der Waals surface area contributed by atoms with Gasteiger partial charge in [0.25, 0.3) is 0 Å². The Labute approximate surface area is 132 Å². The molecule has 0 spiro atoms. The molecule has 5 heteroatoms. The van der Waals surface area contributed by atoms with Gasteiger partial charge in [0.15, 0.2) is 0 Å². The molecule has 1 saturated carbocycles. The van der Waals surface area contributed by atoms with Crippen molar-refractivity contribution in [1.82, 2.24) is 10.2 Å². The summed E-state index contributed by atoms with van der Waals surface area (Å²) in [5.74, 6) is 0.685. The van der Waals surface area contributed by atoms with Crippen molar-refractivity contribution in [3.8, 4) is 5.75 Å². The van der Waals surface area contributed by atoms with E-state index >= 15 is 0 Å². The Kier molecular flexibility index (Phi) is 5.88. The lowest BCUT2D eigenvalue weighted by Crippen LogP contribution is -2.57. The van der Waals surface area contributed by atoms with Crippen LogP contribution in [0, 0.1) is 0 Å². The molecule has 1 aromatic carbocycles. The molecule has 1 aliphatic carbocycles. The number of hydrogen-bond donors (Lipinski definition) is 2. The molecule has 2 rings (SSSR count). The minimum atomic E-state index is -0.525. The van der Waals surface area contributed by atoms with E-state index in [2.05, 4.69) is 24.3 Å². The van der Waals surface area contributed by atoms with E-state index in [1.165, 1.54) is 19.3 Å². The van der Waals surface area contributed by atoms with Gasteiger partial charge in [-0.3, -0.25) is 0 Å². The predicted octanol–water partition coefficient (Wildman–Crippen LogP) is 2.15. The second kappa shape index (κ2) is 7.45. The third-order valence-corrected chi connectivity index (χ3v) is 4.54. The first-order chi connectivity index (χ1) is 10.0. The predicted molar refractivity (Wildman–Crippen MR) is 86.1 cm³/mol. The largest absolute Gasteiger partial charge is 0.491 e. The second-order valence-corrected chi connectivity index (χ2v) is 6.46. The van der Waals surface area contributed by atoms with Crippen molar-refractivity contribution < 1.29 is 9.84 Å². The summed E-state index contributed by atoms with van der Waals surface area (Å²) in [6, 6.07) is 7.21. The van der Waals surface area contributed by atoms with Gasteiger partial charge in [0.1, 0.15) is 18.5 Å². The third kappa shape index (κ3) is 4.58. The van der Waals surface area contributed by atoms with Gasteiger partial charge >= 0.3 is 0 Å². The molecular weight excluding hydrogens is 288 g/mol. The topological polar surface area (TPSA) is 44.7 Å². The molecule has 1 unspecified atom stereocenters. The summed E-state index contributed by atoms with van der Waals surface area (Å²) >= 11 is 5.89. The van der Waals surface area contributed by atoms with Gasteiger partial charge in [0, 0.05) is 23.7 Å². The first-order valence-corrected chi connectivity index (χ1v) is 7.84. The molecule has 0 aromatic heterocycles. The van der Waals surface area contributed by atoms with Crippen LogP contribution in [0.15, 0.2) is 24.3 Å². The van der Waals surface area contributed by atoms with E-state index < -0.39 is 6.10 Å². The maximum absolute atomic E-state index is 9.97. The van der Waals surface area contributed by atoms with Crippen molar-refractivity contribution in [3.63, 3.8) is 0 Å². The first kappa shape index (κ1) is 16.6. The summed E-state index contributed by atoms with van der Waals surface area (Å²) in [7, 11) is 4.25. The molecular formula is C16H25ClN2O2. The minimum absolute atomic E-state index is 0.266. The highest BCUT2D eigenvalue weighted by atomic mass is 35.5. The van der Waals surface area contributed by atoms with Crippen LogP contribution in [-0.2, 0) is 0 Å². The van der Waals surface area contributed by atoms with Gasteiger partial charge < -0.3 is 20.1 Å². The molecule has 0 heterocycles. The van der Waals surface area contributed by atoms with E-state index in [1.54, 1.807) is 12.1 Å².